The van der Waals surface area contributed by atoms with Crippen LogP contribution in [0.5, 0.6) is 0 Å². The fourth-order valence-electron chi connectivity index (χ4n) is 3.83. The molecule has 2 heterocycles. The Hall–Kier alpha value is -2.66. The molecule has 1 aliphatic heterocycles. The second-order valence-corrected chi connectivity index (χ2v) is 13.1. The van der Waals surface area contributed by atoms with E-state index in [9.17, 15) is 38.4 Å². The van der Waals surface area contributed by atoms with Crippen molar-refractivity contribution >= 4 is 49.8 Å². The van der Waals surface area contributed by atoms with Crippen molar-refractivity contribution < 1.29 is 47.1 Å². The number of nitrogens with one attached hydrogen (secondary N) is 2. The zero-order valence-electron chi connectivity index (χ0n) is 20.7. The largest absolute Gasteiger partial charge is 0.778 e. The molecule has 18 heteroatoms. The molecule has 0 aliphatic carbocycles. The van der Waals surface area contributed by atoms with E-state index in [0.29, 0.717) is 14.8 Å². The minimum absolute atomic E-state index is 0.309. The first-order valence-electron chi connectivity index (χ1n) is 11.7. The third-order valence-electron chi connectivity index (χ3n) is 5.64. The summed E-state index contributed by atoms with van der Waals surface area (Å²) in [5, 5.41) is 13.3. The zero-order valence-corrected chi connectivity index (χ0v) is 24.7. The molecular weight excluding hydrogens is 699 g/mol. The van der Waals surface area contributed by atoms with E-state index in [4.69, 9.17) is 9.47 Å². The molecule has 3 aromatic rings. The fourth-order valence-corrected chi connectivity index (χ4v) is 7.37. The van der Waals surface area contributed by atoms with E-state index in [1.807, 2.05) is 27.6 Å². The molecule has 41 heavy (non-hydrogen) atoms. The molecule has 0 radical (unpaired) electrons. The highest BCUT2D eigenvalue weighted by atomic mass is 127. The summed E-state index contributed by atoms with van der Waals surface area (Å²) >= 11 is 1.89. The van der Waals surface area contributed by atoms with Gasteiger partial charge in [0.2, 0.25) is 0 Å². The number of hydrogen-bond acceptors (Lipinski definition) is 12. The lowest BCUT2D eigenvalue weighted by molar-refractivity contribution is -0.234. The number of amides is 1. The van der Waals surface area contributed by atoms with Crippen molar-refractivity contribution in [1.29, 1.82) is 0 Å². The van der Waals surface area contributed by atoms with Crippen LogP contribution in [0.3, 0.4) is 0 Å². The molecular formula is C23H22IN3O12P2-2. The summed E-state index contributed by atoms with van der Waals surface area (Å²) in [6, 6.07) is 15.5. The number of aliphatic hydroxyl groups excluding tert-OH is 1. The van der Waals surface area contributed by atoms with Crippen molar-refractivity contribution in [3.05, 3.63) is 96.8 Å². The summed E-state index contributed by atoms with van der Waals surface area (Å²) in [6.07, 6.45) is -7.23. The topological polar surface area (TPSA) is 221 Å². The number of aliphatic hydroxyl groups is 1. The Kier molecular flexibility index (Phi) is 10.00. The number of carbonyl (C=O) groups excluding carboxylic acids is 1. The summed E-state index contributed by atoms with van der Waals surface area (Å²) in [4.78, 5) is 63.2. The van der Waals surface area contributed by atoms with Crippen LogP contribution >= 0.6 is 38.0 Å². The van der Waals surface area contributed by atoms with Gasteiger partial charge in [0.05, 0.1) is 6.61 Å². The first kappa shape index (κ1) is 31.3. The molecule has 220 valence electrons. The quantitative estimate of drug-likeness (QED) is 0.199. The molecule has 0 bridgehead atoms. The lowest BCUT2D eigenvalue weighted by Gasteiger charge is -2.32. The highest BCUT2D eigenvalue weighted by molar-refractivity contribution is 14.1. The maximum Gasteiger partial charge on any atom is 0.412 e. The Morgan fingerprint density at radius 2 is 1.78 bits per heavy atom. The molecule has 0 spiro atoms. The smallest absolute Gasteiger partial charge is 0.412 e. The third-order valence-corrected chi connectivity index (χ3v) is 9.69. The second kappa shape index (κ2) is 13.1. The summed E-state index contributed by atoms with van der Waals surface area (Å²) in [7, 11) is -10.5. The molecule has 1 aromatic heterocycles. The van der Waals surface area contributed by atoms with Gasteiger partial charge in [0, 0.05) is 27.7 Å². The zero-order chi connectivity index (χ0) is 29.8. The number of rotatable bonds is 10. The summed E-state index contributed by atoms with van der Waals surface area (Å²) in [6.45, 7) is -0.973. The Morgan fingerprint density at radius 1 is 1.10 bits per heavy atom. The molecule has 3 unspecified atom stereocenters. The molecule has 6 atom stereocenters. The molecule has 1 amide bonds. The molecule has 1 fully saturated rings. The van der Waals surface area contributed by atoms with Crippen molar-refractivity contribution in [3.8, 4) is 0 Å². The van der Waals surface area contributed by atoms with Crippen LogP contribution in [0.25, 0.3) is 0 Å². The number of H-pyrrole nitrogens is 1. The van der Waals surface area contributed by atoms with Gasteiger partial charge >= 0.3 is 11.8 Å². The monoisotopic (exact) mass is 721 g/mol. The normalized spacial score (nSPS) is 23.3. The standard InChI is InChI=1S/C23H24IN3O12P2/c24-16-9-5-4-6-14(16)13-40(32,33)39-41(34,35)36-12-17-19(29)20(38-23(31)25-15-7-2-1-3-8-15)21(37-17)27-11-10-18(28)26-22(27)30/h1-11,17,19-21,29H,12-13H2,(H,25,31)(H,32,33)(H,34,35)(H,26,28,30)/p-2/t17-,19+,20?,21-/m1/s1. The van der Waals surface area contributed by atoms with Crippen LogP contribution in [0.4, 0.5) is 10.5 Å². The van der Waals surface area contributed by atoms with Crippen LogP contribution in [0.1, 0.15) is 11.8 Å². The number of aromatic amines is 1. The van der Waals surface area contributed by atoms with Gasteiger partial charge in [0.25, 0.3) is 13.4 Å². The van der Waals surface area contributed by atoms with Crippen LogP contribution in [0.15, 0.2) is 76.4 Å². The number of hydrogen-bond donors (Lipinski definition) is 3. The van der Waals surface area contributed by atoms with Crippen LogP contribution in [0.2, 0.25) is 0 Å². The van der Waals surface area contributed by atoms with E-state index in [1.54, 1.807) is 48.5 Å². The maximum atomic E-state index is 12.5. The Labute approximate surface area is 245 Å². The number of ether oxygens (including phenoxy) is 2. The van der Waals surface area contributed by atoms with Crippen molar-refractivity contribution in [1.82, 2.24) is 9.55 Å². The van der Waals surface area contributed by atoms with Crippen LogP contribution in [-0.4, -0.2) is 45.7 Å². The molecule has 15 nitrogen and oxygen atoms in total. The summed E-state index contributed by atoms with van der Waals surface area (Å²) < 4.78 is 46.0. The van der Waals surface area contributed by atoms with Crippen molar-refractivity contribution in [3.63, 3.8) is 0 Å². The van der Waals surface area contributed by atoms with E-state index < -0.39 is 70.1 Å². The Morgan fingerprint density at radius 3 is 2.46 bits per heavy atom. The number of carbonyl (C=O) groups is 1. The first-order chi connectivity index (χ1) is 19.3. The highest BCUT2D eigenvalue weighted by Crippen LogP contribution is 2.57. The van der Waals surface area contributed by atoms with Gasteiger partial charge in [0.1, 0.15) is 19.8 Å². The number of halogens is 1. The van der Waals surface area contributed by atoms with Gasteiger partial charge in [-0.1, -0.05) is 36.4 Å². The summed E-state index contributed by atoms with van der Waals surface area (Å²) in [5.74, 6) is 0. The van der Waals surface area contributed by atoms with Gasteiger partial charge < -0.3 is 33.5 Å². The minimum Gasteiger partial charge on any atom is -0.778 e. The average Bonchev–Trinajstić information content (AvgIpc) is 3.18. The maximum absolute atomic E-state index is 12.5. The van der Waals surface area contributed by atoms with E-state index in [1.165, 1.54) is 6.07 Å². The van der Waals surface area contributed by atoms with E-state index >= 15 is 0 Å². The Bertz CT molecular complexity index is 1600. The predicted molar refractivity (Wildman–Crippen MR) is 147 cm³/mol. The molecule has 4 rings (SSSR count). The number of para-hydroxylation sites is 1. The number of anilines is 1. The lowest BCUT2D eigenvalue weighted by atomic mass is 10.1. The number of aromatic nitrogens is 2. The number of nitrogens with zero attached hydrogens (tertiary/aromatic N) is 1. The molecule has 2 aromatic carbocycles. The van der Waals surface area contributed by atoms with Crippen molar-refractivity contribution in [2.75, 3.05) is 11.9 Å². The van der Waals surface area contributed by atoms with Gasteiger partial charge in [0.15, 0.2) is 12.3 Å². The van der Waals surface area contributed by atoms with Gasteiger partial charge in [-0.2, -0.15) is 0 Å². The van der Waals surface area contributed by atoms with E-state index in [-0.39, 0.29) is 0 Å². The first-order valence-corrected chi connectivity index (χ1v) is 16.0. The fraction of sp³-hybridized carbons (Fsp3) is 0.261. The molecule has 0 saturated carbocycles. The molecule has 1 aliphatic rings. The number of phosphoric ester groups is 1. The van der Waals surface area contributed by atoms with Gasteiger partial charge in [-0.05, 0) is 46.4 Å². The molecule has 3 N–H and O–H groups in total. The van der Waals surface area contributed by atoms with Crippen molar-refractivity contribution in [2.45, 2.75) is 30.7 Å². The van der Waals surface area contributed by atoms with Gasteiger partial charge in [-0.3, -0.25) is 28.5 Å². The van der Waals surface area contributed by atoms with E-state index in [0.717, 1.165) is 16.8 Å². The van der Waals surface area contributed by atoms with E-state index in [2.05, 4.69) is 14.2 Å². The second-order valence-electron chi connectivity index (χ2n) is 8.62. The lowest BCUT2D eigenvalue weighted by Crippen LogP contribution is -2.41. The number of benzene rings is 2. The van der Waals surface area contributed by atoms with Gasteiger partial charge in [-0.15, -0.1) is 0 Å². The Balaban J connectivity index is 1.47. The van der Waals surface area contributed by atoms with Crippen molar-refractivity contribution in [2.24, 2.45) is 0 Å². The molecule has 1 saturated heterocycles. The number of phosphoric acid groups is 1. The van der Waals surface area contributed by atoms with Crippen LogP contribution in [0, 0.1) is 3.57 Å². The van der Waals surface area contributed by atoms with Crippen LogP contribution < -0.4 is 26.4 Å². The van der Waals surface area contributed by atoms with Crippen LogP contribution in [-0.2, 0) is 33.6 Å². The predicted octanol–water partition coefficient (Wildman–Crippen LogP) is 1.27. The highest BCUT2D eigenvalue weighted by Gasteiger charge is 2.48. The SMILES string of the molecule is O=C(Nc1ccccc1)OC1[C@@H](O)[C@@H](COP(=O)([O-])OP(=O)([O-])Cc2ccccc2I)O[C@H]1n1ccc(=O)[nH]c1=O. The minimum atomic E-state index is -5.50. The third kappa shape index (κ3) is 8.44. The van der Waals surface area contributed by atoms with Gasteiger partial charge in [-0.25, -0.2) is 9.59 Å². The summed E-state index contributed by atoms with van der Waals surface area (Å²) in [5.41, 5.74) is -1.06. The average molecular weight is 721 g/mol.